The summed E-state index contributed by atoms with van der Waals surface area (Å²) in [7, 11) is 0. The summed E-state index contributed by atoms with van der Waals surface area (Å²) >= 11 is 0. The second-order valence-electron chi connectivity index (χ2n) is 20.6. The number of carbonyl (C=O) groups excluding carboxylic acids is 3. The molecule has 416 valence electrons. The summed E-state index contributed by atoms with van der Waals surface area (Å²) in [4.78, 5) is 38.2. The Hall–Kier alpha value is -3.15. The highest BCUT2D eigenvalue weighted by atomic mass is 16.6. The number of unbranched alkanes of at least 4 members (excludes halogenated alkanes) is 33. The van der Waals surface area contributed by atoms with Crippen molar-refractivity contribution in [2.24, 2.45) is 0 Å². The molecule has 0 radical (unpaired) electrons. The summed E-state index contributed by atoms with van der Waals surface area (Å²) in [5, 5.41) is 0. The lowest BCUT2D eigenvalue weighted by atomic mass is 10.0. The van der Waals surface area contributed by atoms with Gasteiger partial charge in [-0.2, -0.15) is 0 Å². The van der Waals surface area contributed by atoms with Crippen LogP contribution in [0.1, 0.15) is 310 Å². The van der Waals surface area contributed by atoms with Gasteiger partial charge >= 0.3 is 17.9 Å². The first-order valence-electron chi connectivity index (χ1n) is 30.9. The molecule has 0 aromatic heterocycles. The van der Waals surface area contributed by atoms with E-state index in [2.05, 4.69) is 93.7 Å². The van der Waals surface area contributed by atoms with Crippen LogP contribution in [-0.2, 0) is 28.6 Å². The zero-order valence-electron chi connectivity index (χ0n) is 47.7. The van der Waals surface area contributed by atoms with E-state index >= 15 is 0 Å². The van der Waals surface area contributed by atoms with Crippen molar-refractivity contribution in [1.82, 2.24) is 0 Å². The maximum atomic E-state index is 12.9. The van der Waals surface area contributed by atoms with Gasteiger partial charge < -0.3 is 14.2 Å². The van der Waals surface area contributed by atoms with Gasteiger partial charge in [-0.15, -0.1) is 0 Å². The topological polar surface area (TPSA) is 78.9 Å². The first kappa shape index (κ1) is 68.8. The SMILES string of the molecule is CC/C=C\C/C=C\C/C=C\C/C=C\CCCCCCCCCCCCCCC(=O)OCC(COC(=O)CCCCCCCCCCCCCC)OC(=O)CCCCCCCCC/C=C\C/C=C\CCCCC. The minimum atomic E-state index is -0.778. The average Bonchev–Trinajstić information content (AvgIpc) is 3.38. The van der Waals surface area contributed by atoms with E-state index in [0.29, 0.717) is 19.3 Å². The predicted octanol–water partition coefficient (Wildman–Crippen LogP) is 20.9. The molecular formula is C66H116O6. The number of rotatable bonds is 56. The molecule has 0 spiro atoms. The quantitative estimate of drug-likeness (QED) is 0.0261. The van der Waals surface area contributed by atoms with Crippen LogP contribution < -0.4 is 0 Å². The van der Waals surface area contributed by atoms with Gasteiger partial charge in [-0.25, -0.2) is 0 Å². The molecule has 6 heteroatoms. The molecule has 0 amide bonds. The van der Waals surface area contributed by atoms with E-state index in [-0.39, 0.29) is 31.1 Å². The molecule has 0 rings (SSSR count). The Morgan fingerprint density at radius 2 is 0.542 bits per heavy atom. The zero-order valence-corrected chi connectivity index (χ0v) is 47.7. The molecular weight excluding hydrogens is 889 g/mol. The highest BCUT2D eigenvalue weighted by Gasteiger charge is 2.19. The Bertz CT molecular complexity index is 1340. The van der Waals surface area contributed by atoms with Crippen molar-refractivity contribution in [3.05, 3.63) is 72.9 Å². The lowest BCUT2D eigenvalue weighted by Crippen LogP contribution is -2.30. The molecule has 0 N–H and O–H groups in total. The van der Waals surface area contributed by atoms with Crippen LogP contribution >= 0.6 is 0 Å². The average molecular weight is 1010 g/mol. The first-order valence-corrected chi connectivity index (χ1v) is 30.9. The highest BCUT2D eigenvalue weighted by Crippen LogP contribution is 2.16. The molecule has 0 aromatic carbocycles. The van der Waals surface area contributed by atoms with E-state index in [1.807, 2.05) is 0 Å². The molecule has 1 atom stereocenters. The molecule has 0 saturated heterocycles. The van der Waals surface area contributed by atoms with Crippen molar-refractivity contribution in [3.8, 4) is 0 Å². The monoisotopic (exact) mass is 1000 g/mol. The third kappa shape index (κ3) is 57.7. The molecule has 72 heavy (non-hydrogen) atoms. The number of hydrogen-bond acceptors (Lipinski definition) is 6. The molecule has 0 bridgehead atoms. The number of allylic oxidation sites excluding steroid dienone is 12. The lowest BCUT2D eigenvalue weighted by molar-refractivity contribution is -0.167. The fourth-order valence-corrected chi connectivity index (χ4v) is 8.82. The zero-order chi connectivity index (χ0) is 52.2. The van der Waals surface area contributed by atoms with Gasteiger partial charge in [0.2, 0.25) is 0 Å². The van der Waals surface area contributed by atoms with E-state index in [0.717, 1.165) is 96.3 Å². The normalized spacial score (nSPS) is 12.5. The first-order chi connectivity index (χ1) is 35.5. The summed E-state index contributed by atoms with van der Waals surface area (Å²) in [6, 6.07) is 0. The molecule has 0 aromatic rings. The second-order valence-corrected chi connectivity index (χ2v) is 20.6. The Kier molecular flexibility index (Phi) is 57.8. The van der Waals surface area contributed by atoms with Gasteiger partial charge in [0.25, 0.3) is 0 Å². The van der Waals surface area contributed by atoms with Crippen molar-refractivity contribution in [3.63, 3.8) is 0 Å². The van der Waals surface area contributed by atoms with Gasteiger partial charge in [-0.05, 0) is 89.9 Å². The molecule has 0 saturated carbocycles. The minimum absolute atomic E-state index is 0.0757. The molecule has 1 unspecified atom stereocenters. The molecule has 0 heterocycles. The smallest absolute Gasteiger partial charge is 0.306 e. The summed E-state index contributed by atoms with van der Waals surface area (Å²) in [6.45, 7) is 6.52. The van der Waals surface area contributed by atoms with Crippen LogP contribution in [0.2, 0.25) is 0 Å². The standard InChI is InChI=1S/C66H116O6/c1-4-7-10-13-16-19-22-25-27-29-30-31-32-33-34-35-36-38-39-41-44-47-50-53-56-59-65(68)71-62-63(61-70-64(67)58-55-52-49-46-43-24-21-18-15-12-9-6-3)72-66(69)60-57-54-51-48-45-42-40-37-28-26-23-20-17-14-11-8-5-2/h7,10,16-17,19-20,25-28,30-31,63H,4-6,8-9,11-15,18,21-24,29,32-62H2,1-3H3/b10-7-,19-16-,20-17-,27-25-,28-26-,31-30-. The van der Waals surface area contributed by atoms with E-state index in [9.17, 15) is 14.4 Å². The van der Waals surface area contributed by atoms with Gasteiger partial charge in [0.15, 0.2) is 6.10 Å². The van der Waals surface area contributed by atoms with Crippen LogP contribution in [0.15, 0.2) is 72.9 Å². The lowest BCUT2D eigenvalue weighted by Gasteiger charge is -2.18. The maximum Gasteiger partial charge on any atom is 0.306 e. The van der Waals surface area contributed by atoms with Gasteiger partial charge in [0, 0.05) is 19.3 Å². The van der Waals surface area contributed by atoms with E-state index < -0.39 is 6.10 Å². The molecule has 0 aliphatic carbocycles. The van der Waals surface area contributed by atoms with Crippen molar-refractivity contribution >= 4 is 17.9 Å². The summed E-state index contributed by atoms with van der Waals surface area (Å²) < 4.78 is 16.9. The van der Waals surface area contributed by atoms with Crippen LogP contribution in [0.4, 0.5) is 0 Å². The van der Waals surface area contributed by atoms with E-state index in [4.69, 9.17) is 14.2 Å². The number of carbonyl (C=O) groups is 3. The summed E-state index contributed by atoms with van der Waals surface area (Å²) in [6.07, 6.45) is 77.6. The largest absolute Gasteiger partial charge is 0.462 e. The van der Waals surface area contributed by atoms with Crippen LogP contribution in [0.25, 0.3) is 0 Å². The van der Waals surface area contributed by atoms with Gasteiger partial charge in [-0.3, -0.25) is 14.4 Å². The van der Waals surface area contributed by atoms with Gasteiger partial charge in [-0.1, -0.05) is 273 Å². The molecule has 0 aliphatic heterocycles. The second kappa shape index (κ2) is 60.4. The number of ether oxygens (including phenoxy) is 3. The molecule has 6 nitrogen and oxygen atoms in total. The third-order valence-corrected chi connectivity index (χ3v) is 13.4. The van der Waals surface area contributed by atoms with Crippen LogP contribution in [0.5, 0.6) is 0 Å². The van der Waals surface area contributed by atoms with Crippen LogP contribution in [-0.4, -0.2) is 37.2 Å². The molecule has 0 fully saturated rings. The third-order valence-electron chi connectivity index (χ3n) is 13.4. The number of hydrogen-bond donors (Lipinski definition) is 0. The predicted molar refractivity (Wildman–Crippen MR) is 311 cm³/mol. The Labute approximate surface area is 446 Å². The van der Waals surface area contributed by atoms with Crippen molar-refractivity contribution in [1.29, 1.82) is 0 Å². The Morgan fingerprint density at radius 3 is 0.875 bits per heavy atom. The number of esters is 3. The Balaban J connectivity index is 4.28. The summed E-state index contributed by atoms with van der Waals surface area (Å²) in [5.41, 5.74) is 0. The van der Waals surface area contributed by atoms with Crippen molar-refractivity contribution < 1.29 is 28.6 Å². The fourth-order valence-electron chi connectivity index (χ4n) is 8.82. The minimum Gasteiger partial charge on any atom is -0.462 e. The van der Waals surface area contributed by atoms with Crippen molar-refractivity contribution in [2.45, 2.75) is 316 Å². The van der Waals surface area contributed by atoms with Gasteiger partial charge in [0.1, 0.15) is 13.2 Å². The highest BCUT2D eigenvalue weighted by molar-refractivity contribution is 5.71. The van der Waals surface area contributed by atoms with Crippen molar-refractivity contribution in [2.75, 3.05) is 13.2 Å². The maximum absolute atomic E-state index is 12.9. The van der Waals surface area contributed by atoms with E-state index in [1.165, 1.54) is 173 Å². The van der Waals surface area contributed by atoms with E-state index in [1.54, 1.807) is 0 Å². The fraction of sp³-hybridized carbons (Fsp3) is 0.773. The summed E-state index contributed by atoms with van der Waals surface area (Å²) in [5.74, 6) is -0.872. The van der Waals surface area contributed by atoms with Crippen LogP contribution in [0, 0.1) is 0 Å². The van der Waals surface area contributed by atoms with Crippen LogP contribution in [0.3, 0.4) is 0 Å². The Morgan fingerprint density at radius 1 is 0.292 bits per heavy atom. The molecule has 0 aliphatic rings. The van der Waals surface area contributed by atoms with Gasteiger partial charge in [0.05, 0.1) is 0 Å².